The van der Waals surface area contributed by atoms with E-state index in [1.165, 1.54) is 61.0 Å². The summed E-state index contributed by atoms with van der Waals surface area (Å²) in [5.74, 6) is 0.471. The number of hydrogen-bond donors (Lipinski definition) is 3. The molecule has 4 aromatic heterocycles. The van der Waals surface area contributed by atoms with E-state index in [-0.39, 0.29) is 22.7 Å². The molecule has 0 aliphatic rings. The third kappa shape index (κ3) is 31.5. The van der Waals surface area contributed by atoms with E-state index < -0.39 is 30.2 Å². The summed E-state index contributed by atoms with van der Waals surface area (Å²) in [7, 11) is 1.95. The second-order valence-electron chi connectivity index (χ2n) is 28.6. The highest BCUT2D eigenvalue weighted by Crippen LogP contribution is 2.33. The van der Waals surface area contributed by atoms with Crippen molar-refractivity contribution in [3.63, 3.8) is 0 Å². The van der Waals surface area contributed by atoms with Crippen molar-refractivity contribution in [3.05, 3.63) is 392 Å². The Morgan fingerprint density at radius 3 is 1.33 bits per heavy atom. The number of nitrogens with one attached hydrogen (secondary N) is 2. The number of phenolic OH excluding ortho intramolecular Hbond substituents is 1. The molecular weight excluding hydrogens is 1420 g/mol. The Hall–Kier alpha value is -12.3. The van der Waals surface area contributed by atoms with Gasteiger partial charge in [0.15, 0.2) is 5.78 Å². The predicted octanol–water partition coefficient (Wildman–Crippen LogP) is 25.7. The van der Waals surface area contributed by atoms with E-state index in [4.69, 9.17) is 0 Å². The minimum absolute atomic E-state index is 0.0278. The lowest BCUT2D eigenvalue weighted by atomic mass is 9.75. The number of aromatic hydroxyl groups is 1. The van der Waals surface area contributed by atoms with Gasteiger partial charge in [-0.2, -0.15) is 26.3 Å². The van der Waals surface area contributed by atoms with Crippen LogP contribution in [0, 0.1) is 17.8 Å². The fourth-order valence-corrected chi connectivity index (χ4v) is 10.4. The average molecular weight is 1530 g/mol. The molecule has 113 heavy (non-hydrogen) atoms. The van der Waals surface area contributed by atoms with Crippen molar-refractivity contribution in [3.8, 4) is 5.75 Å². The molecule has 12 rings (SSSR count). The number of carbonyl (C=O) groups excluding carboxylic acids is 1. The number of fused-ring (bicyclic) bond motifs is 2. The van der Waals surface area contributed by atoms with Crippen LogP contribution in [-0.4, -0.2) is 71.1 Å². The number of aromatic nitrogens is 8. The number of phenols is 1. The number of halogens is 6. The molecule has 592 valence electrons. The third-order valence-electron chi connectivity index (χ3n) is 17.2. The van der Waals surface area contributed by atoms with Gasteiger partial charge in [0.05, 0.1) is 6.20 Å². The predicted molar refractivity (Wildman–Crippen MR) is 463 cm³/mol. The fourth-order valence-electron chi connectivity index (χ4n) is 10.4. The van der Waals surface area contributed by atoms with Gasteiger partial charge in [-0.15, -0.1) is 0 Å². The topological polar surface area (TPSA) is 122 Å². The molecule has 0 bridgehead atoms. The van der Waals surface area contributed by atoms with Crippen molar-refractivity contribution in [2.75, 3.05) is 12.4 Å². The average Bonchev–Trinajstić information content (AvgIpc) is 1.62. The summed E-state index contributed by atoms with van der Waals surface area (Å²) in [4.78, 5) is 10.6. The Kier molecular flexibility index (Phi) is 37.7. The van der Waals surface area contributed by atoms with Crippen LogP contribution in [0.15, 0.2) is 364 Å². The van der Waals surface area contributed by atoms with Gasteiger partial charge in [-0.25, -0.2) is 20.4 Å². The summed E-state index contributed by atoms with van der Waals surface area (Å²) in [6, 6.07) is 73.7. The molecule has 0 amide bonds. The second kappa shape index (κ2) is 45.7. The minimum atomic E-state index is -4.81. The quantitative estimate of drug-likeness (QED) is 0.0457. The Morgan fingerprint density at radius 1 is 0.496 bits per heavy atom. The van der Waals surface area contributed by atoms with Gasteiger partial charge in [-0.3, -0.25) is 9.39 Å². The summed E-state index contributed by atoms with van der Waals surface area (Å²) in [5.41, 5.74) is 12.0. The molecule has 0 aliphatic carbocycles. The molecule has 11 nitrogen and oxygen atoms in total. The molecule has 0 aliphatic heterocycles. The zero-order valence-corrected chi connectivity index (χ0v) is 68.1. The van der Waals surface area contributed by atoms with Gasteiger partial charge in [-0.05, 0) is 178 Å². The fraction of sp³-hybridized carbons (Fsp3) is 0.211. The largest absolute Gasteiger partial charge is 0.665 e. The molecule has 4 heterocycles. The summed E-state index contributed by atoms with van der Waals surface area (Å²) in [5, 5.41) is 33.6. The van der Waals surface area contributed by atoms with Gasteiger partial charge in [0.1, 0.15) is 11.9 Å². The standard InChI is InChI=1S/C17H16.C13H24.C12H13BN8.C11H11N.C10H8O.C10H12.C8H8O.C7H6F6.C7H12/c1-14(16-9-5-3-6-10-16)13-15(2)17-11-7-4-8-12-17;1-10(12(3,4)5)9-11(2)13(6,7)8;1-5-14-18(9-1)13(19-10-2-6-15-19,20-11-3-7-16-20)21-12-4-8-17-21;1-12-11-8-4-6-9-5-2-3-7-10(9)11;11-10-7-3-5-8-4-1-2-6-9(8)10;1-3-6-10-8-5-4-7-9(10)2;1-7(9)8-5-3-2-4-6-8;1-4(6(8,9)10)3-5(2)7(11,12)13;1-6(2)5-7(3)4/h3-13H,1H2,2H3;9H,1H2,2-8H3;1-12,14H;2-8,12H,1H3;1-7,11H;3-8H,1-2H3;2-6H,1H3;3H,1H2,2H3;5H,1H2,2-4H3/b15-13+;11-9+;;;;6-3+;;5-3+;. The summed E-state index contributed by atoms with van der Waals surface area (Å²) >= 11 is 0. The highest BCUT2D eigenvalue weighted by molar-refractivity contribution is 6.65. The van der Waals surface area contributed by atoms with Gasteiger partial charge in [0.2, 0.25) is 0 Å². The van der Waals surface area contributed by atoms with Crippen LogP contribution in [0.4, 0.5) is 32.0 Å². The molecule has 8 aromatic carbocycles. The van der Waals surface area contributed by atoms with Gasteiger partial charge in [0, 0.05) is 64.9 Å². The zero-order valence-electron chi connectivity index (χ0n) is 68.1. The molecule has 0 radical (unpaired) electrons. The first-order valence-electron chi connectivity index (χ1n) is 36.8. The molecule has 0 atom stereocenters. The van der Waals surface area contributed by atoms with Gasteiger partial charge in [-0.1, -0.05) is 303 Å². The number of ketones is 1. The smallest absolute Gasteiger partial charge is 0.507 e. The highest BCUT2D eigenvalue weighted by Gasteiger charge is 2.50. The molecule has 0 saturated carbocycles. The van der Waals surface area contributed by atoms with E-state index in [0.717, 1.165) is 27.5 Å². The maximum Gasteiger partial charge on any atom is 0.665 e. The summed E-state index contributed by atoms with van der Waals surface area (Å²) in [6.07, 6.45) is 15.7. The number of hydrogen-bond acceptors (Lipinski definition) is 6. The van der Waals surface area contributed by atoms with Crippen LogP contribution in [-0.2, 0) is 0 Å². The van der Waals surface area contributed by atoms with Crippen molar-refractivity contribution < 1.29 is 40.8 Å². The van der Waals surface area contributed by atoms with Crippen LogP contribution >= 0.6 is 0 Å². The number of alkyl halides is 6. The zero-order chi connectivity index (χ0) is 84.0. The van der Waals surface area contributed by atoms with Crippen molar-refractivity contribution in [1.82, 2.24) is 34.2 Å². The Labute approximate surface area is 665 Å². The van der Waals surface area contributed by atoms with Crippen LogP contribution in [0.2, 0.25) is 0 Å². The van der Waals surface area contributed by atoms with Crippen LogP contribution in [0.5, 0.6) is 5.75 Å². The molecule has 0 saturated heterocycles. The number of rotatable bonds is 13. The first-order valence-corrected chi connectivity index (χ1v) is 36.8. The minimum Gasteiger partial charge on any atom is -0.507 e. The molecule has 3 N–H and O–H groups in total. The van der Waals surface area contributed by atoms with Gasteiger partial charge >= 0.3 is 19.0 Å². The number of aryl methyl sites for hydroxylation is 1. The van der Waals surface area contributed by atoms with Crippen LogP contribution < -0.4 is 9.91 Å². The number of nitrogens with zero attached hydrogens (tertiary/aromatic N) is 7. The van der Waals surface area contributed by atoms with E-state index in [1.807, 2.05) is 186 Å². The molecule has 0 spiro atoms. The number of aromatic amines is 1. The van der Waals surface area contributed by atoms with E-state index in [9.17, 15) is 36.2 Å². The molecule has 0 fully saturated rings. The van der Waals surface area contributed by atoms with Gasteiger partial charge in [0.25, 0.3) is 0 Å². The van der Waals surface area contributed by atoms with Gasteiger partial charge < -0.3 is 24.2 Å². The van der Waals surface area contributed by atoms with Crippen LogP contribution in [0.1, 0.15) is 130 Å². The van der Waals surface area contributed by atoms with Crippen molar-refractivity contribution in [1.29, 1.82) is 0 Å². The van der Waals surface area contributed by atoms with Crippen molar-refractivity contribution in [2.45, 2.75) is 116 Å². The lowest BCUT2D eigenvalue weighted by Crippen LogP contribution is -2.80. The Balaban J connectivity index is 0.000000273. The SMILES string of the molecule is C/C=C/c1ccccc1C.C=C(/C=C(\C)C(C)(C)C)C(C)(C)C.C=C(/C=C(\C)C(F)(F)F)C(F)(F)F.C=C(/C=C(\C)c1ccccc1)c1ccccc1.C=C(C)C=C(C)C.CC(=O)c1ccccc1.CNc1cccc2ccccc12.Oc1cccc2ccccc12.c1cnn([B-](n2cccn2)(n2cccn2)[n+]2ccc[nH]2)c1. The molecular formula is C95H110BF6N9O2. The second-order valence-corrected chi connectivity index (χ2v) is 28.6. The van der Waals surface area contributed by atoms with E-state index in [0.29, 0.717) is 12.7 Å². The normalized spacial score (nSPS) is 11.4. The lowest BCUT2D eigenvalue weighted by molar-refractivity contribution is -0.618. The molecule has 18 heteroatoms. The third-order valence-corrected chi connectivity index (χ3v) is 17.2. The highest BCUT2D eigenvalue weighted by atomic mass is 19.4. The monoisotopic (exact) mass is 1530 g/mol. The lowest BCUT2D eigenvalue weighted by Gasteiger charge is -2.32. The van der Waals surface area contributed by atoms with Crippen molar-refractivity contribution >= 4 is 56.9 Å². The first-order chi connectivity index (χ1) is 53.4. The number of H-pyrrole nitrogens is 1. The summed E-state index contributed by atoms with van der Waals surface area (Å²) < 4.78 is 77.7. The maximum atomic E-state index is 11.7. The van der Waals surface area contributed by atoms with Crippen LogP contribution in [0.3, 0.4) is 0 Å². The number of anilines is 1. The summed E-state index contributed by atoms with van der Waals surface area (Å²) in [6.45, 7) is 42.6. The number of carbonyl (C=O) groups is 1. The van der Waals surface area contributed by atoms with E-state index >= 15 is 0 Å². The molecule has 0 unspecified atom stereocenters. The van der Waals surface area contributed by atoms with Crippen LogP contribution in [0.25, 0.3) is 38.8 Å². The van der Waals surface area contributed by atoms with E-state index in [1.54, 1.807) is 31.6 Å². The number of benzene rings is 8. The van der Waals surface area contributed by atoms with E-state index in [2.05, 4.69) is 262 Å². The first kappa shape index (κ1) is 93.1. The Morgan fingerprint density at radius 2 is 0.938 bits per heavy atom. The van der Waals surface area contributed by atoms with Crippen molar-refractivity contribution in [2.24, 2.45) is 10.8 Å². The molecule has 12 aromatic rings. The number of allylic oxidation sites excluding steroid dienone is 13. The Bertz CT molecular complexity index is 4820. The maximum absolute atomic E-state index is 11.7. The number of Topliss-reactive ketones (excluding diaryl/α,β-unsaturated/α-hetero) is 1.